The maximum absolute atomic E-state index is 12.6. The zero-order chi connectivity index (χ0) is 20.1. The lowest BCUT2D eigenvalue weighted by molar-refractivity contribution is -0.137. The van der Waals surface area contributed by atoms with E-state index in [1.165, 1.54) is 24.8 Å². The van der Waals surface area contributed by atoms with Crippen LogP contribution in [0.1, 0.15) is 28.7 Å². The van der Waals surface area contributed by atoms with E-state index in [4.69, 9.17) is 4.74 Å². The molecule has 3 heterocycles. The number of pyridine rings is 2. The zero-order valence-corrected chi connectivity index (χ0v) is 14.6. The molecular weight excluding hydrogens is 375 g/mol. The molecule has 144 valence electrons. The van der Waals surface area contributed by atoms with Gasteiger partial charge in [0.1, 0.15) is 23.6 Å². The van der Waals surface area contributed by atoms with Gasteiger partial charge in [0.25, 0.3) is 5.91 Å². The van der Waals surface area contributed by atoms with Gasteiger partial charge in [-0.3, -0.25) is 4.79 Å². The minimum atomic E-state index is -4.50. The number of aryl methyl sites for hydroxylation is 1. The summed E-state index contributed by atoms with van der Waals surface area (Å²) in [6.07, 6.45) is 0.972. The molecule has 7 nitrogen and oxygen atoms in total. The van der Waals surface area contributed by atoms with E-state index in [9.17, 15) is 18.0 Å². The van der Waals surface area contributed by atoms with Gasteiger partial charge in [-0.1, -0.05) is 6.92 Å². The van der Waals surface area contributed by atoms with Crippen molar-refractivity contribution in [3.05, 3.63) is 66.1 Å². The lowest BCUT2D eigenvalue weighted by atomic mass is 10.2. The summed E-state index contributed by atoms with van der Waals surface area (Å²) < 4.78 is 43.4. The predicted molar refractivity (Wildman–Crippen MR) is 92.9 cm³/mol. The van der Waals surface area contributed by atoms with Crippen molar-refractivity contribution in [2.75, 3.05) is 5.32 Å². The van der Waals surface area contributed by atoms with Crippen LogP contribution in [0.25, 0.3) is 0 Å². The smallest absolute Gasteiger partial charge is 0.417 e. The first-order valence-corrected chi connectivity index (χ1v) is 8.13. The van der Waals surface area contributed by atoms with E-state index < -0.39 is 17.6 Å². The van der Waals surface area contributed by atoms with Gasteiger partial charge in [-0.25, -0.2) is 19.9 Å². The highest BCUT2D eigenvalue weighted by Crippen LogP contribution is 2.29. The molecule has 0 bridgehead atoms. The molecule has 1 N–H and O–H groups in total. The van der Waals surface area contributed by atoms with E-state index in [-0.39, 0.29) is 11.5 Å². The second-order valence-electron chi connectivity index (χ2n) is 5.59. The molecule has 28 heavy (non-hydrogen) atoms. The Labute approximate surface area is 157 Å². The van der Waals surface area contributed by atoms with Crippen LogP contribution in [0.2, 0.25) is 0 Å². The van der Waals surface area contributed by atoms with Crippen LogP contribution in [0.4, 0.5) is 19.0 Å². The fourth-order valence-corrected chi connectivity index (χ4v) is 2.21. The van der Waals surface area contributed by atoms with Crippen molar-refractivity contribution in [2.24, 2.45) is 0 Å². The molecule has 10 heteroatoms. The summed E-state index contributed by atoms with van der Waals surface area (Å²) in [5.74, 6) is 0.0797. The Hall–Kier alpha value is -3.56. The van der Waals surface area contributed by atoms with Gasteiger partial charge in [-0.05, 0) is 18.6 Å². The molecule has 0 aliphatic carbocycles. The molecule has 0 radical (unpaired) electrons. The summed E-state index contributed by atoms with van der Waals surface area (Å²) in [7, 11) is 0. The SMILES string of the molecule is CCc1cc(Oc2cncnc2)cc(C(=O)Nc2ccc(C(F)(F)F)cn2)n1. The minimum Gasteiger partial charge on any atom is -0.454 e. The quantitative estimate of drug-likeness (QED) is 0.712. The normalized spacial score (nSPS) is 11.1. The molecule has 0 aliphatic rings. The molecular formula is C18H14F3N5O2. The first-order valence-electron chi connectivity index (χ1n) is 8.13. The number of carbonyl (C=O) groups excluding carboxylic acids is 1. The first-order chi connectivity index (χ1) is 13.3. The van der Waals surface area contributed by atoms with Gasteiger partial charge in [-0.2, -0.15) is 13.2 Å². The Balaban J connectivity index is 1.80. The molecule has 3 rings (SSSR count). The van der Waals surface area contributed by atoms with E-state index in [0.29, 0.717) is 29.8 Å². The van der Waals surface area contributed by atoms with Gasteiger partial charge >= 0.3 is 6.18 Å². The molecule has 0 saturated carbocycles. The van der Waals surface area contributed by atoms with Crippen LogP contribution in [-0.4, -0.2) is 25.8 Å². The van der Waals surface area contributed by atoms with Crippen LogP contribution in [0.3, 0.4) is 0 Å². The van der Waals surface area contributed by atoms with Crippen molar-refractivity contribution in [1.29, 1.82) is 0 Å². The third kappa shape index (κ3) is 4.78. The number of alkyl halides is 3. The fraction of sp³-hybridized carbons (Fsp3) is 0.167. The van der Waals surface area contributed by atoms with E-state index >= 15 is 0 Å². The second-order valence-corrected chi connectivity index (χ2v) is 5.59. The number of nitrogens with one attached hydrogen (secondary N) is 1. The van der Waals surface area contributed by atoms with Crippen LogP contribution >= 0.6 is 0 Å². The fourth-order valence-electron chi connectivity index (χ4n) is 2.21. The van der Waals surface area contributed by atoms with Crippen LogP contribution in [0, 0.1) is 0 Å². The van der Waals surface area contributed by atoms with Crippen molar-refractivity contribution in [3.8, 4) is 11.5 Å². The summed E-state index contributed by atoms with van der Waals surface area (Å²) in [6, 6.07) is 4.98. The standard InChI is InChI=1S/C18H14F3N5O2/c1-2-12-5-13(28-14-8-22-10-23-9-14)6-15(25-12)17(27)26-16-4-3-11(7-24-16)18(19,20)21/h3-10H,2H2,1H3,(H,24,26,27). The number of rotatable bonds is 5. The van der Waals surface area contributed by atoms with Gasteiger partial charge in [0.15, 0.2) is 5.75 Å². The Bertz CT molecular complexity index is 963. The number of hydrogen-bond donors (Lipinski definition) is 1. The number of halogens is 3. The van der Waals surface area contributed by atoms with E-state index in [0.717, 1.165) is 12.1 Å². The summed E-state index contributed by atoms with van der Waals surface area (Å²) >= 11 is 0. The summed E-state index contributed by atoms with van der Waals surface area (Å²) in [4.78, 5) is 28.0. The van der Waals surface area contributed by atoms with Gasteiger partial charge in [-0.15, -0.1) is 0 Å². The molecule has 0 aromatic carbocycles. The van der Waals surface area contributed by atoms with Crippen LogP contribution in [0.5, 0.6) is 11.5 Å². The lowest BCUT2D eigenvalue weighted by Gasteiger charge is -2.10. The number of aromatic nitrogens is 4. The van der Waals surface area contributed by atoms with E-state index in [1.807, 2.05) is 6.92 Å². The van der Waals surface area contributed by atoms with Crippen molar-refractivity contribution >= 4 is 11.7 Å². The Morgan fingerprint density at radius 2 is 1.86 bits per heavy atom. The zero-order valence-electron chi connectivity index (χ0n) is 14.6. The molecule has 1 amide bonds. The second kappa shape index (κ2) is 7.99. The molecule has 0 aliphatic heterocycles. The van der Waals surface area contributed by atoms with Gasteiger partial charge < -0.3 is 10.1 Å². The van der Waals surface area contributed by atoms with Crippen molar-refractivity contribution in [1.82, 2.24) is 19.9 Å². The highest BCUT2D eigenvalue weighted by molar-refractivity contribution is 6.02. The number of carbonyl (C=O) groups is 1. The molecule has 3 aromatic heterocycles. The molecule has 3 aromatic rings. The van der Waals surface area contributed by atoms with Gasteiger partial charge in [0.2, 0.25) is 0 Å². The van der Waals surface area contributed by atoms with Crippen LogP contribution < -0.4 is 10.1 Å². The lowest BCUT2D eigenvalue weighted by Crippen LogP contribution is -2.16. The van der Waals surface area contributed by atoms with Crippen molar-refractivity contribution in [3.63, 3.8) is 0 Å². The van der Waals surface area contributed by atoms with Gasteiger partial charge in [0, 0.05) is 24.0 Å². The third-order valence-electron chi connectivity index (χ3n) is 3.55. The van der Waals surface area contributed by atoms with Crippen molar-refractivity contribution < 1.29 is 22.7 Å². The highest BCUT2D eigenvalue weighted by Gasteiger charge is 2.30. The highest BCUT2D eigenvalue weighted by atomic mass is 19.4. The topological polar surface area (TPSA) is 89.9 Å². The molecule has 0 atom stereocenters. The van der Waals surface area contributed by atoms with Crippen LogP contribution in [0.15, 0.2) is 49.2 Å². The van der Waals surface area contributed by atoms with Crippen LogP contribution in [-0.2, 0) is 12.6 Å². The molecule has 0 saturated heterocycles. The predicted octanol–water partition coefficient (Wildman–Crippen LogP) is 3.89. The van der Waals surface area contributed by atoms with E-state index in [2.05, 4.69) is 25.3 Å². The minimum absolute atomic E-state index is 0.0272. The average Bonchev–Trinajstić information content (AvgIpc) is 2.68. The maximum Gasteiger partial charge on any atom is 0.417 e. The molecule has 0 spiro atoms. The Kier molecular flexibility index (Phi) is 5.48. The van der Waals surface area contributed by atoms with E-state index in [1.54, 1.807) is 6.07 Å². The largest absolute Gasteiger partial charge is 0.454 e. The number of amides is 1. The third-order valence-corrected chi connectivity index (χ3v) is 3.55. The first kappa shape index (κ1) is 19.2. The Morgan fingerprint density at radius 3 is 2.46 bits per heavy atom. The summed E-state index contributed by atoms with van der Waals surface area (Å²) in [5.41, 5.74) is -0.273. The number of hydrogen-bond acceptors (Lipinski definition) is 6. The summed E-state index contributed by atoms with van der Waals surface area (Å²) in [5, 5.41) is 2.42. The molecule has 0 unspecified atom stereocenters. The number of nitrogens with zero attached hydrogens (tertiary/aromatic N) is 4. The monoisotopic (exact) mass is 389 g/mol. The maximum atomic E-state index is 12.6. The average molecular weight is 389 g/mol. The Morgan fingerprint density at radius 1 is 1.11 bits per heavy atom. The van der Waals surface area contributed by atoms with Crippen molar-refractivity contribution in [2.45, 2.75) is 19.5 Å². The summed E-state index contributed by atoms with van der Waals surface area (Å²) in [6.45, 7) is 1.86. The molecule has 0 fully saturated rings. The number of ether oxygens (including phenoxy) is 1. The van der Waals surface area contributed by atoms with Gasteiger partial charge in [0.05, 0.1) is 18.0 Å². The number of anilines is 1.